The van der Waals surface area contributed by atoms with E-state index >= 15 is 0 Å². The average molecular weight is 766 g/mol. The predicted octanol–water partition coefficient (Wildman–Crippen LogP) is 11.7. The standard InChI is InChI=1S/C54H32BN3O2/c1-7-19-44-36(13-1)37-14-2-8-20-45(37)56(44)33-25-27-48-40(29-33)41-30-34(57-46-21-9-3-15-38(46)39-16-4-10-22-47(39)57)26-28-49(41)58(48)35-31-52-54-53(32-35)60-51-24-12-6-18-43(51)55(54)42-17-5-11-23-50(42)59-52/h1-32H. The summed E-state index contributed by atoms with van der Waals surface area (Å²) in [6.45, 7) is 0.0136. The molecule has 0 radical (unpaired) electrons. The van der Waals surface area contributed by atoms with Crippen LogP contribution in [0.5, 0.6) is 23.0 Å². The molecule has 3 aromatic heterocycles. The van der Waals surface area contributed by atoms with E-state index in [1.54, 1.807) is 0 Å². The van der Waals surface area contributed by atoms with Crippen LogP contribution < -0.4 is 25.9 Å². The van der Waals surface area contributed by atoms with Crippen LogP contribution in [0.25, 0.3) is 82.5 Å². The largest absolute Gasteiger partial charge is 0.458 e. The number of fused-ring (bicyclic) bond motifs is 13. The first kappa shape index (κ1) is 32.1. The maximum atomic E-state index is 6.80. The second kappa shape index (κ2) is 11.8. The molecule has 2 aliphatic rings. The zero-order valence-electron chi connectivity index (χ0n) is 32.2. The van der Waals surface area contributed by atoms with Crippen LogP contribution in [0.3, 0.4) is 0 Å². The number of hydrogen-bond acceptors (Lipinski definition) is 2. The highest BCUT2D eigenvalue weighted by Crippen LogP contribution is 2.42. The predicted molar refractivity (Wildman–Crippen MR) is 247 cm³/mol. The zero-order valence-corrected chi connectivity index (χ0v) is 32.2. The Balaban J connectivity index is 1.06. The number of rotatable bonds is 3. The molecule has 14 rings (SSSR count). The van der Waals surface area contributed by atoms with E-state index in [2.05, 4.69) is 208 Å². The van der Waals surface area contributed by atoms with Crippen LogP contribution >= 0.6 is 0 Å². The van der Waals surface area contributed by atoms with Gasteiger partial charge in [0.1, 0.15) is 23.0 Å². The molecule has 5 nitrogen and oxygen atoms in total. The van der Waals surface area contributed by atoms with Crippen molar-refractivity contribution in [2.24, 2.45) is 0 Å². The molecule has 2 aliphatic heterocycles. The minimum atomic E-state index is 0.0136. The Morgan fingerprint density at radius 2 is 0.633 bits per heavy atom. The van der Waals surface area contributed by atoms with Crippen LogP contribution in [0.15, 0.2) is 194 Å². The molecule has 0 saturated heterocycles. The highest BCUT2D eigenvalue weighted by molar-refractivity contribution is 6.98. The van der Waals surface area contributed by atoms with Crippen molar-refractivity contribution in [3.8, 4) is 40.1 Å². The average Bonchev–Trinajstić information content (AvgIpc) is 3.94. The molecule has 0 aliphatic carbocycles. The van der Waals surface area contributed by atoms with Crippen molar-refractivity contribution in [3.63, 3.8) is 0 Å². The Labute approximate surface area is 344 Å². The summed E-state index contributed by atoms with van der Waals surface area (Å²) in [6.07, 6.45) is 0. The minimum Gasteiger partial charge on any atom is -0.458 e. The van der Waals surface area contributed by atoms with Gasteiger partial charge in [-0.15, -0.1) is 0 Å². The Morgan fingerprint density at radius 3 is 1.07 bits per heavy atom. The van der Waals surface area contributed by atoms with Gasteiger partial charge in [0.2, 0.25) is 0 Å². The van der Waals surface area contributed by atoms with Crippen LogP contribution in [-0.2, 0) is 0 Å². The van der Waals surface area contributed by atoms with Gasteiger partial charge in [0.15, 0.2) is 0 Å². The molecular formula is C54H32BN3O2. The lowest BCUT2D eigenvalue weighted by Crippen LogP contribution is -2.57. The molecule has 0 bridgehead atoms. The molecule has 12 aromatic rings. The van der Waals surface area contributed by atoms with Crippen molar-refractivity contribution in [3.05, 3.63) is 194 Å². The first-order chi connectivity index (χ1) is 29.8. The molecular weight excluding hydrogens is 733 g/mol. The summed E-state index contributed by atoms with van der Waals surface area (Å²) in [5.41, 5.74) is 13.5. The minimum absolute atomic E-state index is 0.0136. The van der Waals surface area contributed by atoms with Gasteiger partial charge in [-0.2, -0.15) is 0 Å². The fourth-order valence-corrected chi connectivity index (χ4v) is 10.5. The summed E-state index contributed by atoms with van der Waals surface area (Å²) < 4.78 is 20.8. The van der Waals surface area contributed by atoms with Crippen molar-refractivity contribution in [1.29, 1.82) is 0 Å². The summed E-state index contributed by atoms with van der Waals surface area (Å²) in [7, 11) is 0. The lowest BCUT2D eigenvalue weighted by Gasteiger charge is -2.33. The van der Waals surface area contributed by atoms with Gasteiger partial charge in [-0.3, -0.25) is 0 Å². The lowest BCUT2D eigenvalue weighted by atomic mass is 9.35. The van der Waals surface area contributed by atoms with Crippen molar-refractivity contribution in [1.82, 2.24) is 13.7 Å². The van der Waals surface area contributed by atoms with Gasteiger partial charge >= 0.3 is 0 Å². The molecule has 0 fully saturated rings. The third-order valence-corrected chi connectivity index (χ3v) is 12.9. The molecule has 0 spiro atoms. The molecule has 0 atom stereocenters. The number of aromatic nitrogens is 3. The first-order valence-electron chi connectivity index (χ1n) is 20.5. The van der Waals surface area contributed by atoms with E-state index in [0.717, 1.165) is 78.3 Å². The summed E-state index contributed by atoms with van der Waals surface area (Å²) in [5, 5.41) is 7.30. The molecule has 9 aromatic carbocycles. The quantitative estimate of drug-likeness (QED) is 0.168. The monoisotopic (exact) mass is 765 g/mol. The van der Waals surface area contributed by atoms with Crippen LogP contribution in [0.4, 0.5) is 0 Å². The Hall–Kier alpha value is -7.96. The maximum Gasteiger partial charge on any atom is 0.260 e. The highest BCUT2D eigenvalue weighted by Gasteiger charge is 2.40. The Morgan fingerprint density at radius 1 is 0.283 bits per heavy atom. The van der Waals surface area contributed by atoms with Crippen molar-refractivity contribution < 1.29 is 9.47 Å². The van der Waals surface area contributed by atoms with Crippen molar-refractivity contribution >= 4 is 88.5 Å². The van der Waals surface area contributed by atoms with Gasteiger partial charge in [-0.1, -0.05) is 109 Å². The third-order valence-electron chi connectivity index (χ3n) is 12.9. The number of hydrogen-bond donors (Lipinski definition) is 0. The molecule has 0 saturated carbocycles. The van der Waals surface area contributed by atoms with Gasteiger partial charge in [-0.05, 0) is 83.7 Å². The lowest BCUT2D eigenvalue weighted by molar-refractivity contribution is 0.464. The summed E-state index contributed by atoms with van der Waals surface area (Å²) in [5.74, 6) is 3.39. The number of benzene rings is 9. The number of nitrogens with zero attached hydrogens (tertiary/aromatic N) is 3. The van der Waals surface area contributed by atoms with Gasteiger partial charge in [0, 0.05) is 61.3 Å². The Kier molecular flexibility index (Phi) is 6.31. The van der Waals surface area contributed by atoms with E-state index in [-0.39, 0.29) is 6.71 Å². The molecule has 0 unspecified atom stereocenters. The third kappa shape index (κ3) is 4.26. The normalized spacial score (nSPS) is 12.9. The highest BCUT2D eigenvalue weighted by atomic mass is 16.5. The van der Waals surface area contributed by atoms with Crippen LogP contribution in [0.2, 0.25) is 0 Å². The van der Waals surface area contributed by atoms with E-state index in [0.29, 0.717) is 0 Å². The second-order valence-electron chi connectivity index (χ2n) is 16.0. The van der Waals surface area contributed by atoms with Gasteiger partial charge < -0.3 is 23.2 Å². The zero-order chi connectivity index (χ0) is 39.1. The molecule has 0 N–H and O–H groups in total. The van der Waals surface area contributed by atoms with E-state index in [1.165, 1.54) is 43.6 Å². The molecule has 60 heavy (non-hydrogen) atoms. The first-order valence-corrected chi connectivity index (χ1v) is 20.5. The molecule has 278 valence electrons. The van der Waals surface area contributed by atoms with Crippen LogP contribution in [0.1, 0.15) is 0 Å². The van der Waals surface area contributed by atoms with E-state index in [9.17, 15) is 0 Å². The van der Waals surface area contributed by atoms with Crippen LogP contribution in [-0.4, -0.2) is 20.4 Å². The summed E-state index contributed by atoms with van der Waals surface area (Å²) >= 11 is 0. The fourth-order valence-electron chi connectivity index (χ4n) is 10.5. The number of para-hydroxylation sites is 6. The molecule has 6 heteroatoms. The smallest absolute Gasteiger partial charge is 0.260 e. The maximum absolute atomic E-state index is 6.80. The Bertz CT molecular complexity index is 3470. The van der Waals surface area contributed by atoms with E-state index in [1.807, 2.05) is 0 Å². The van der Waals surface area contributed by atoms with E-state index in [4.69, 9.17) is 9.47 Å². The molecule has 0 amide bonds. The van der Waals surface area contributed by atoms with Crippen molar-refractivity contribution in [2.45, 2.75) is 0 Å². The molecule has 5 heterocycles. The number of ether oxygens (including phenoxy) is 2. The second-order valence-corrected chi connectivity index (χ2v) is 16.0. The van der Waals surface area contributed by atoms with Crippen LogP contribution in [0, 0.1) is 0 Å². The van der Waals surface area contributed by atoms with Crippen molar-refractivity contribution in [2.75, 3.05) is 0 Å². The summed E-state index contributed by atoms with van der Waals surface area (Å²) in [6, 6.07) is 70.0. The topological polar surface area (TPSA) is 33.2 Å². The van der Waals surface area contributed by atoms with Gasteiger partial charge in [0.25, 0.3) is 6.71 Å². The van der Waals surface area contributed by atoms with Gasteiger partial charge in [0.05, 0.1) is 38.8 Å². The SMILES string of the molecule is c1ccc2c(c1)Oc1cc(-n3c4ccc(-n5c6ccccc6c6ccccc65)cc4c4cc(-n5c6ccccc6c6ccccc65)ccc43)cc3c1B2c1ccccc1O3. The fraction of sp³-hybridized carbons (Fsp3) is 0. The summed E-state index contributed by atoms with van der Waals surface area (Å²) in [4.78, 5) is 0. The van der Waals surface area contributed by atoms with Gasteiger partial charge in [-0.25, -0.2) is 0 Å². The van der Waals surface area contributed by atoms with E-state index < -0.39 is 0 Å².